The summed E-state index contributed by atoms with van der Waals surface area (Å²) in [5.41, 5.74) is 0. The van der Waals surface area contributed by atoms with Crippen molar-refractivity contribution in [2.45, 2.75) is 58.8 Å². The molecule has 0 aromatic rings. The lowest BCUT2D eigenvalue weighted by Crippen LogP contribution is -2.06. The molecule has 0 aliphatic heterocycles. The zero-order valence-corrected chi connectivity index (χ0v) is 12.0. The molecule has 0 bridgehead atoms. The first-order valence-electron chi connectivity index (χ1n) is 7.06. The normalized spacial score (nSPS) is 9.37. The molecule has 0 saturated heterocycles. The van der Waals surface area contributed by atoms with Gasteiger partial charge in [0.05, 0.1) is 13.2 Å². The van der Waals surface area contributed by atoms with Crippen molar-refractivity contribution < 1.29 is 19.1 Å². The minimum absolute atomic E-state index is 0.355. The van der Waals surface area contributed by atoms with E-state index in [1.807, 2.05) is 0 Å². The van der Waals surface area contributed by atoms with Crippen molar-refractivity contribution in [3.05, 3.63) is 0 Å². The molecule has 0 atom stereocenters. The zero-order chi connectivity index (χ0) is 14.3. The fraction of sp³-hybridized carbons (Fsp3) is 0.733. The Kier molecular flexibility index (Phi) is 11.9. The molecular weight excluding hydrogens is 244 g/mol. The van der Waals surface area contributed by atoms with Crippen LogP contribution in [0.25, 0.3) is 0 Å². The Morgan fingerprint density at radius 1 is 0.737 bits per heavy atom. The first kappa shape index (κ1) is 17.5. The van der Waals surface area contributed by atoms with Crippen molar-refractivity contribution in [1.29, 1.82) is 0 Å². The van der Waals surface area contributed by atoms with Crippen LogP contribution in [0, 0.1) is 11.8 Å². The average molecular weight is 268 g/mol. The van der Waals surface area contributed by atoms with Gasteiger partial charge in [0.2, 0.25) is 0 Å². The van der Waals surface area contributed by atoms with E-state index in [0.717, 1.165) is 44.9 Å². The molecule has 0 radical (unpaired) electrons. The summed E-state index contributed by atoms with van der Waals surface area (Å²) in [6.45, 7) is 4.90. The summed E-state index contributed by atoms with van der Waals surface area (Å²) >= 11 is 0. The smallest absolute Gasteiger partial charge is 0.384 e. The summed E-state index contributed by atoms with van der Waals surface area (Å²) in [5.74, 6) is 2.92. The number of carbonyl (C=O) groups is 2. The molecule has 108 valence electrons. The van der Waals surface area contributed by atoms with Crippen LogP contribution in [0.2, 0.25) is 0 Å². The number of unbranched alkanes of at least 4 members (excludes halogenated alkanes) is 5. The van der Waals surface area contributed by atoms with E-state index in [1.54, 1.807) is 0 Å². The lowest BCUT2D eigenvalue weighted by Gasteiger charge is -2.00. The molecule has 0 spiro atoms. The topological polar surface area (TPSA) is 52.6 Å². The van der Waals surface area contributed by atoms with Gasteiger partial charge in [0.25, 0.3) is 0 Å². The van der Waals surface area contributed by atoms with Crippen molar-refractivity contribution in [3.63, 3.8) is 0 Å². The third-order valence-electron chi connectivity index (χ3n) is 2.48. The van der Waals surface area contributed by atoms with Crippen LogP contribution in [-0.4, -0.2) is 25.2 Å². The molecule has 4 nitrogen and oxygen atoms in total. The summed E-state index contributed by atoms with van der Waals surface area (Å²) in [6, 6.07) is 0. The monoisotopic (exact) mass is 268 g/mol. The standard InChI is InChI=1S/C15H24O4/c1-3-5-7-9-13-19-15(17)11-10-14(16)18-12-8-6-4-2/h3-9,12-13H2,1-2H3. The Hall–Kier alpha value is -1.50. The van der Waals surface area contributed by atoms with Crippen molar-refractivity contribution >= 4 is 11.9 Å². The van der Waals surface area contributed by atoms with E-state index in [9.17, 15) is 9.59 Å². The van der Waals surface area contributed by atoms with Crippen LogP contribution < -0.4 is 0 Å². The second kappa shape index (κ2) is 12.9. The lowest BCUT2D eigenvalue weighted by molar-refractivity contribution is -0.138. The first-order chi connectivity index (χ1) is 9.20. The number of hydrogen-bond donors (Lipinski definition) is 0. The highest BCUT2D eigenvalue weighted by Crippen LogP contribution is 1.98. The molecule has 0 rings (SSSR count). The third kappa shape index (κ3) is 12.7. The Balaban J connectivity index is 3.62. The Labute approximate surface area is 115 Å². The van der Waals surface area contributed by atoms with Gasteiger partial charge >= 0.3 is 11.9 Å². The first-order valence-corrected chi connectivity index (χ1v) is 7.06. The maximum absolute atomic E-state index is 11.2. The van der Waals surface area contributed by atoms with Crippen LogP contribution in [0.3, 0.4) is 0 Å². The summed E-state index contributed by atoms with van der Waals surface area (Å²) in [5, 5.41) is 0. The fourth-order valence-corrected chi connectivity index (χ4v) is 1.38. The second-order valence-electron chi connectivity index (χ2n) is 4.29. The predicted octanol–water partition coefficient (Wildman–Crippen LogP) is 2.85. The summed E-state index contributed by atoms with van der Waals surface area (Å²) in [7, 11) is 0. The second-order valence-corrected chi connectivity index (χ2v) is 4.29. The molecule has 0 unspecified atom stereocenters. The van der Waals surface area contributed by atoms with Crippen LogP contribution in [0.1, 0.15) is 58.8 Å². The molecule has 0 heterocycles. The maximum atomic E-state index is 11.2. The van der Waals surface area contributed by atoms with Crippen LogP contribution >= 0.6 is 0 Å². The molecule has 0 N–H and O–H groups in total. The van der Waals surface area contributed by atoms with Gasteiger partial charge in [-0.15, -0.1) is 0 Å². The van der Waals surface area contributed by atoms with E-state index in [0.29, 0.717) is 13.2 Å². The number of esters is 2. The van der Waals surface area contributed by atoms with E-state index in [-0.39, 0.29) is 0 Å². The van der Waals surface area contributed by atoms with Crippen LogP contribution in [0.5, 0.6) is 0 Å². The third-order valence-corrected chi connectivity index (χ3v) is 2.48. The molecule has 0 amide bonds. The molecule has 0 aliphatic carbocycles. The quantitative estimate of drug-likeness (QED) is 0.279. The molecule has 4 heteroatoms. The van der Waals surface area contributed by atoms with Gasteiger partial charge in [-0.05, 0) is 12.8 Å². The van der Waals surface area contributed by atoms with Gasteiger partial charge in [-0.3, -0.25) is 0 Å². The highest BCUT2D eigenvalue weighted by Gasteiger charge is 2.00. The molecule has 0 aromatic heterocycles. The van der Waals surface area contributed by atoms with Gasteiger partial charge in [-0.2, -0.15) is 0 Å². The molecule has 0 aliphatic rings. The number of hydrogen-bond acceptors (Lipinski definition) is 4. The maximum Gasteiger partial charge on any atom is 0.384 e. The summed E-state index contributed by atoms with van der Waals surface area (Å²) in [6.07, 6.45) is 7.05. The van der Waals surface area contributed by atoms with Gasteiger partial charge in [-0.1, -0.05) is 46.0 Å². The Morgan fingerprint density at radius 2 is 1.16 bits per heavy atom. The Bertz CT molecular complexity index is 312. The van der Waals surface area contributed by atoms with Crippen molar-refractivity contribution in [1.82, 2.24) is 0 Å². The van der Waals surface area contributed by atoms with Crippen LogP contribution in [0.15, 0.2) is 0 Å². The van der Waals surface area contributed by atoms with E-state index in [2.05, 4.69) is 25.7 Å². The number of carbonyl (C=O) groups excluding carboxylic acids is 2. The summed E-state index contributed by atoms with van der Waals surface area (Å²) in [4.78, 5) is 22.3. The van der Waals surface area contributed by atoms with Gasteiger partial charge < -0.3 is 9.47 Å². The van der Waals surface area contributed by atoms with Gasteiger partial charge in [0.15, 0.2) is 0 Å². The highest BCUT2D eigenvalue weighted by atomic mass is 16.5. The van der Waals surface area contributed by atoms with Crippen molar-refractivity contribution in [2.75, 3.05) is 13.2 Å². The fourth-order valence-electron chi connectivity index (χ4n) is 1.38. The minimum atomic E-state index is -0.668. The Morgan fingerprint density at radius 3 is 1.63 bits per heavy atom. The van der Waals surface area contributed by atoms with E-state index in [1.165, 1.54) is 0 Å². The lowest BCUT2D eigenvalue weighted by atomic mass is 10.2. The molecule has 19 heavy (non-hydrogen) atoms. The van der Waals surface area contributed by atoms with Gasteiger partial charge in [0, 0.05) is 11.8 Å². The largest absolute Gasteiger partial charge is 0.456 e. The number of rotatable bonds is 9. The van der Waals surface area contributed by atoms with Crippen molar-refractivity contribution in [3.8, 4) is 11.8 Å². The van der Waals surface area contributed by atoms with E-state index < -0.39 is 11.9 Å². The minimum Gasteiger partial charge on any atom is -0.456 e. The predicted molar refractivity (Wildman–Crippen MR) is 73.4 cm³/mol. The van der Waals surface area contributed by atoms with Gasteiger partial charge in [0.1, 0.15) is 0 Å². The highest BCUT2D eigenvalue weighted by molar-refractivity contribution is 5.98. The van der Waals surface area contributed by atoms with Gasteiger partial charge in [-0.25, -0.2) is 9.59 Å². The SMILES string of the molecule is CCCCCCOC(=O)C#CC(=O)OCCCCC. The molecular formula is C15H24O4. The van der Waals surface area contributed by atoms with Crippen LogP contribution in [0.4, 0.5) is 0 Å². The van der Waals surface area contributed by atoms with Crippen LogP contribution in [-0.2, 0) is 19.1 Å². The number of ether oxygens (including phenoxy) is 2. The molecule has 0 fully saturated rings. The molecule has 0 aromatic carbocycles. The van der Waals surface area contributed by atoms with Crippen molar-refractivity contribution in [2.24, 2.45) is 0 Å². The zero-order valence-electron chi connectivity index (χ0n) is 12.0. The molecule has 0 saturated carbocycles. The van der Waals surface area contributed by atoms with E-state index in [4.69, 9.17) is 9.47 Å². The average Bonchev–Trinajstić information content (AvgIpc) is 2.41. The van der Waals surface area contributed by atoms with E-state index >= 15 is 0 Å². The summed E-state index contributed by atoms with van der Waals surface area (Å²) < 4.78 is 9.69.